The van der Waals surface area contributed by atoms with Gasteiger partial charge in [0.1, 0.15) is 5.75 Å². The van der Waals surface area contributed by atoms with Crippen molar-refractivity contribution in [2.75, 3.05) is 0 Å². The van der Waals surface area contributed by atoms with Crippen molar-refractivity contribution in [2.45, 2.75) is 6.92 Å². The zero-order chi connectivity index (χ0) is 10.0. The van der Waals surface area contributed by atoms with Crippen molar-refractivity contribution in [1.29, 1.82) is 0 Å². The second-order valence-corrected chi connectivity index (χ2v) is 2.91. The zero-order valence-electron chi connectivity index (χ0n) is 6.87. The van der Waals surface area contributed by atoms with Crippen molar-refractivity contribution in [3.8, 4) is 5.75 Å². The molecule has 0 unspecified atom stereocenters. The molecule has 0 aliphatic heterocycles. The quantitative estimate of drug-likeness (QED) is 0.584. The maximum atomic E-state index is 10.9. The molecule has 0 aromatic heterocycles. The minimum atomic E-state index is -0.777. The van der Waals surface area contributed by atoms with Crippen molar-refractivity contribution in [3.63, 3.8) is 0 Å². The molecule has 0 saturated carbocycles. The Morgan fingerprint density at radius 3 is 2.46 bits per heavy atom. The third-order valence-corrected chi connectivity index (χ3v) is 1.82. The Morgan fingerprint density at radius 1 is 1.38 bits per heavy atom. The molecule has 1 rings (SSSR count). The molecule has 1 aromatic carbocycles. The van der Waals surface area contributed by atoms with Crippen LogP contribution in [-0.2, 0) is 0 Å². The van der Waals surface area contributed by atoms with Crippen molar-refractivity contribution >= 4 is 22.6 Å². The molecule has 0 heterocycles. The summed E-state index contributed by atoms with van der Waals surface area (Å²) in [5.74, 6) is -0.399. The van der Waals surface area contributed by atoms with E-state index < -0.39 is 5.24 Å². The maximum absolute atomic E-state index is 10.9. The van der Waals surface area contributed by atoms with Gasteiger partial charge in [-0.05, 0) is 36.7 Å². The molecule has 3 nitrogen and oxygen atoms in total. The van der Waals surface area contributed by atoms with Gasteiger partial charge in [0.2, 0.25) is 0 Å². The lowest BCUT2D eigenvalue weighted by Crippen LogP contribution is -1.96. The molecule has 0 saturated heterocycles. The Morgan fingerprint density at radius 2 is 2.00 bits per heavy atom. The highest BCUT2D eigenvalue weighted by Gasteiger charge is 2.10. The van der Waals surface area contributed by atoms with Crippen LogP contribution in [0, 0.1) is 0 Å². The Hall–Kier alpha value is -1.35. The summed E-state index contributed by atoms with van der Waals surface area (Å²) in [4.78, 5) is 21.6. The molecule has 0 atom stereocenters. The number of halogens is 1. The highest BCUT2D eigenvalue weighted by Crippen LogP contribution is 2.20. The van der Waals surface area contributed by atoms with E-state index in [4.69, 9.17) is 11.6 Å². The van der Waals surface area contributed by atoms with E-state index in [1.54, 1.807) is 0 Å². The monoisotopic (exact) mass is 198 g/mol. The average molecular weight is 199 g/mol. The maximum Gasteiger partial charge on any atom is 0.256 e. The molecule has 68 valence electrons. The van der Waals surface area contributed by atoms with Gasteiger partial charge >= 0.3 is 0 Å². The van der Waals surface area contributed by atoms with Crippen LogP contribution in [0.2, 0.25) is 0 Å². The van der Waals surface area contributed by atoms with Crippen LogP contribution < -0.4 is 0 Å². The van der Waals surface area contributed by atoms with Crippen LogP contribution in [0.25, 0.3) is 0 Å². The van der Waals surface area contributed by atoms with Gasteiger partial charge in [-0.1, -0.05) is 0 Å². The summed E-state index contributed by atoms with van der Waals surface area (Å²) >= 11 is 5.17. The summed E-state index contributed by atoms with van der Waals surface area (Å²) in [6.45, 7) is 1.37. The lowest BCUT2D eigenvalue weighted by molar-refractivity contribution is 0.101. The highest BCUT2D eigenvalue weighted by atomic mass is 35.5. The van der Waals surface area contributed by atoms with Gasteiger partial charge < -0.3 is 5.11 Å². The van der Waals surface area contributed by atoms with Crippen LogP contribution in [0.4, 0.5) is 0 Å². The summed E-state index contributed by atoms with van der Waals surface area (Å²) in [7, 11) is 0. The standard InChI is InChI=1S/C9H7ClO3/c1-5(11)6-2-3-8(12)7(4-6)9(10)13/h2-4,12H,1H3. The molecule has 0 fully saturated rings. The number of carbonyl (C=O) groups is 2. The van der Waals surface area contributed by atoms with Crippen LogP contribution in [0.1, 0.15) is 27.6 Å². The first kappa shape index (κ1) is 9.74. The number of hydrogen-bond acceptors (Lipinski definition) is 3. The SMILES string of the molecule is CC(=O)c1ccc(O)c(C(=O)Cl)c1. The number of carbonyl (C=O) groups excluding carboxylic acids is 2. The van der Waals surface area contributed by atoms with E-state index in [9.17, 15) is 14.7 Å². The fourth-order valence-corrected chi connectivity index (χ4v) is 1.06. The topological polar surface area (TPSA) is 54.4 Å². The van der Waals surface area contributed by atoms with Gasteiger partial charge in [-0.25, -0.2) is 0 Å². The van der Waals surface area contributed by atoms with E-state index in [2.05, 4.69) is 0 Å². The second-order valence-electron chi connectivity index (χ2n) is 2.56. The van der Waals surface area contributed by atoms with Gasteiger partial charge in [0.15, 0.2) is 5.78 Å². The normalized spacial score (nSPS) is 9.69. The van der Waals surface area contributed by atoms with Gasteiger partial charge in [-0.3, -0.25) is 9.59 Å². The number of ketones is 1. The van der Waals surface area contributed by atoms with E-state index in [0.29, 0.717) is 5.56 Å². The van der Waals surface area contributed by atoms with Crippen LogP contribution in [0.15, 0.2) is 18.2 Å². The van der Waals surface area contributed by atoms with Crippen LogP contribution >= 0.6 is 11.6 Å². The predicted molar refractivity (Wildman–Crippen MR) is 48.3 cm³/mol. The van der Waals surface area contributed by atoms with Crippen LogP contribution in [-0.4, -0.2) is 16.1 Å². The molecular weight excluding hydrogens is 192 g/mol. The van der Waals surface area contributed by atoms with E-state index >= 15 is 0 Å². The van der Waals surface area contributed by atoms with Gasteiger partial charge in [-0.15, -0.1) is 0 Å². The minimum absolute atomic E-state index is 0.0469. The number of rotatable bonds is 2. The van der Waals surface area contributed by atoms with Crippen LogP contribution in [0.5, 0.6) is 5.75 Å². The first-order valence-electron chi connectivity index (χ1n) is 3.56. The third kappa shape index (κ3) is 2.06. The lowest BCUT2D eigenvalue weighted by atomic mass is 10.1. The molecule has 0 aliphatic rings. The minimum Gasteiger partial charge on any atom is -0.507 e. The fourth-order valence-electron chi connectivity index (χ4n) is 0.912. The number of aromatic hydroxyl groups is 1. The van der Waals surface area contributed by atoms with Gasteiger partial charge in [-0.2, -0.15) is 0 Å². The van der Waals surface area contributed by atoms with E-state index in [-0.39, 0.29) is 17.1 Å². The zero-order valence-corrected chi connectivity index (χ0v) is 7.63. The van der Waals surface area contributed by atoms with Crippen molar-refractivity contribution in [1.82, 2.24) is 0 Å². The highest BCUT2D eigenvalue weighted by molar-refractivity contribution is 6.68. The molecule has 13 heavy (non-hydrogen) atoms. The smallest absolute Gasteiger partial charge is 0.256 e. The molecular formula is C9H7ClO3. The Labute approximate surface area is 79.9 Å². The van der Waals surface area contributed by atoms with Gasteiger partial charge in [0.25, 0.3) is 5.24 Å². The Balaban J connectivity index is 3.27. The lowest BCUT2D eigenvalue weighted by Gasteiger charge is -2.00. The molecule has 4 heteroatoms. The second kappa shape index (κ2) is 3.58. The largest absolute Gasteiger partial charge is 0.507 e. The number of phenols is 1. The molecule has 0 radical (unpaired) electrons. The summed E-state index contributed by atoms with van der Waals surface area (Å²) < 4.78 is 0. The molecule has 0 aliphatic carbocycles. The van der Waals surface area contributed by atoms with Crippen LogP contribution in [0.3, 0.4) is 0 Å². The summed E-state index contributed by atoms with van der Waals surface area (Å²) in [6.07, 6.45) is 0. The summed E-state index contributed by atoms with van der Waals surface area (Å²) in [5, 5.41) is 8.39. The van der Waals surface area contributed by atoms with Crippen molar-refractivity contribution in [3.05, 3.63) is 29.3 Å². The van der Waals surface area contributed by atoms with Gasteiger partial charge in [0, 0.05) is 5.56 Å². The summed E-state index contributed by atoms with van der Waals surface area (Å²) in [6, 6.07) is 3.97. The first-order valence-corrected chi connectivity index (χ1v) is 3.94. The predicted octanol–water partition coefficient (Wildman–Crippen LogP) is 1.97. The number of benzene rings is 1. The fraction of sp³-hybridized carbons (Fsp3) is 0.111. The first-order chi connectivity index (χ1) is 6.02. The van der Waals surface area contributed by atoms with Crippen molar-refractivity contribution < 1.29 is 14.7 Å². The number of Topliss-reactive ketones (excluding diaryl/α,β-unsaturated/α-hetero) is 1. The average Bonchev–Trinajstić information content (AvgIpc) is 2.04. The van der Waals surface area contributed by atoms with Gasteiger partial charge in [0.05, 0.1) is 5.56 Å². The third-order valence-electron chi connectivity index (χ3n) is 1.61. The summed E-state index contributed by atoms with van der Waals surface area (Å²) in [5.41, 5.74) is 0.302. The molecule has 0 bridgehead atoms. The van der Waals surface area contributed by atoms with E-state index in [1.165, 1.54) is 25.1 Å². The molecule has 1 aromatic rings. The molecule has 0 amide bonds. The Kier molecular flexibility index (Phi) is 2.68. The van der Waals surface area contributed by atoms with Crippen molar-refractivity contribution in [2.24, 2.45) is 0 Å². The number of phenolic OH excluding ortho intramolecular Hbond substituents is 1. The molecule has 1 N–H and O–H groups in total. The van der Waals surface area contributed by atoms with E-state index in [1.807, 2.05) is 0 Å². The molecule has 0 spiro atoms. The number of hydrogen-bond donors (Lipinski definition) is 1. The van der Waals surface area contributed by atoms with E-state index in [0.717, 1.165) is 0 Å². The Bertz CT molecular complexity index is 371.